The summed E-state index contributed by atoms with van der Waals surface area (Å²) in [4.78, 5) is 0. The van der Waals surface area contributed by atoms with Crippen molar-refractivity contribution in [3.63, 3.8) is 0 Å². The molecule has 0 spiro atoms. The Labute approximate surface area is 94.3 Å². The lowest BCUT2D eigenvalue weighted by Gasteiger charge is -2.00. The van der Waals surface area contributed by atoms with Gasteiger partial charge in [-0.25, -0.2) is 0 Å². The average molecular weight is 217 g/mol. The zero-order valence-electron chi connectivity index (χ0n) is 9.22. The second kappa shape index (κ2) is 4.37. The highest BCUT2D eigenvalue weighted by Gasteiger charge is 2.06. The van der Waals surface area contributed by atoms with Gasteiger partial charge in [-0.15, -0.1) is 0 Å². The van der Waals surface area contributed by atoms with Crippen molar-refractivity contribution in [1.29, 1.82) is 0 Å². The van der Waals surface area contributed by atoms with Gasteiger partial charge in [-0.3, -0.25) is 4.68 Å². The highest BCUT2D eigenvalue weighted by molar-refractivity contribution is 5.35. The molecule has 2 rings (SSSR count). The van der Waals surface area contributed by atoms with Crippen LogP contribution in [0.4, 0.5) is 0 Å². The molecular formula is C12H15N3O. The summed E-state index contributed by atoms with van der Waals surface area (Å²) in [7, 11) is 1.87. The van der Waals surface area contributed by atoms with Crippen LogP contribution >= 0.6 is 0 Å². The van der Waals surface area contributed by atoms with E-state index in [2.05, 4.69) is 5.10 Å². The second-order valence-electron chi connectivity index (χ2n) is 3.76. The van der Waals surface area contributed by atoms with E-state index < -0.39 is 0 Å². The molecule has 0 saturated heterocycles. The number of aryl methyl sites for hydroxylation is 1. The maximum atomic E-state index is 9.65. The van der Waals surface area contributed by atoms with Crippen molar-refractivity contribution in [2.75, 3.05) is 0 Å². The number of aromatic nitrogens is 2. The Bertz CT molecular complexity index is 491. The van der Waals surface area contributed by atoms with Gasteiger partial charge in [0, 0.05) is 20.0 Å². The van der Waals surface area contributed by atoms with Gasteiger partial charge in [-0.1, -0.05) is 18.2 Å². The highest BCUT2D eigenvalue weighted by Crippen LogP contribution is 2.19. The summed E-state index contributed by atoms with van der Waals surface area (Å²) in [6, 6.07) is 9.26. The Morgan fingerprint density at radius 2 is 2.12 bits per heavy atom. The molecule has 0 aliphatic carbocycles. The predicted molar refractivity (Wildman–Crippen MR) is 62.0 cm³/mol. The molecule has 84 valence electrons. The van der Waals surface area contributed by atoms with Crippen LogP contribution in [0, 0.1) is 0 Å². The van der Waals surface area contributed by atoms with Crippen LogP contribution in [0.5, 0.6) is 5.75 Å². The average Bonchev–Trinajstić information content (AvgIpc) is 2.62. The van der Waals surface area contributed by atoms with Gasteiger partial charge in [0.05, 0.1) is 11.4 Å². The molecule has 0 aliphatic heterocycles. The fourth-order valence-electron chi connectivity index (χ4n) is 1.70. The van der Waals surface area contributed by atoms with Crippen molar-refractivity contribution in [2.45, 2.75) is 13.0 Å². The molecule has 0 saturated carbocycles. The Morgan fingerprint density at radius 3 is 2.75 bits per heavy atom. The van der Waals surface area contributed by atoms with Gasteiger partial charge in [-0.2, -0.15) is 5.10 Å². The molecule has 16 heavy (non-hydrogen) atoms. The summed E-state index contributed by atoms with van der Waals surface area (Å²) in [5, 5.41) is 14.0. The van der Waals surface area contributed by atoms with Gasteiger partial charge in [0.15, 0.2) is 0 Å². The van der Waals surface area contributed by atoms with Crippen LogP contribution < -0.4 is 5.73 Å². The van der Waals surface area contributed by atoms with E-state index in [0.717, 1.165) is 17.0 Å². The largest absolute Gasteiger partial charge is 0.508 e. The summed E-state index contributed by atoms with van der Waals surface area (Å²) >= 11 is 0. The highest BCUT2D eigenvalue weighted by atomic mass is 16.3. The lowest BCUT2D eigenvalue weighted by atomic mass is 10.1. The van der Waals surface area contributed by atoms with Gasteiger partial charge in [0.2, 0.25) is 0 Å². The van der Waals surface area contributed by atoms with Crippen molar-refractivity contribution in [1.82, 2.24) is 9.78 Å². The number of phenols is 1. The van der Waals surface area contributed by atoms with Gasteiger partial charge in [0.1, 0.15) is 5.75 Å². The number of hydrogen-bond acceptors (Lipinski definition) is 3. The van der Waals surface area contributed by atoms with Gasteiger partial charge in [0.25, 0.3) is 0 Å². The third-order valence-electron chi connectivity index (χ3n) is 2.60. The summed E-state index contributed by atoms with van der Waals surface area (Å²) in [5.41, 5.74) is 8.37. The monoisotopic (exact) mass is 217 g/mol. The molecule has 0 aliphatic rings. The third-order valence-corrected chi connectivity index (χ3v) is 2.60. The maximum absolute atomic E-state index is 9.65. The van der Waals surface area contributed by atoms with E-state index in [-0.39, 0.29) is 0 Å². The molecule has 3 N–H and O–H groups in total. The van der Waals surface area contributed by atoms with Crippen molar-refractivity contribution in [3.05, 3.63) is 47.3 Å². The number of aromatic hydroxyl groups is 1. The molecule has 0 atom stereocenters. The number of nitrogens with two attached hydrogens (primary N) is 1. The van der Waals surface area contributed by atoms with Crippen LogP contribution in [0.2, 0.25) is 0 Å². The van der Waals surface area contributed by atoms with Crippen molar-refractivity contribution >= 4 is 0 Å². The Kier molecular flexibility index (Phi) is 2.92. The van der Waals surface area contributed by atoms with Crippen molar-refractivity contribution in [3.8, 4) is 5.75 Å². The molecule has 1 heterocycles. The van der Waals surface area contributed by atoms with Crippen molar-refractivity contribution in [2.24, 2.45) is 12.8 Å². The molecule has 0 amide bonds. The first-order valence-electron chi connectivity index (χ1n) is 5.19. The molecular weight excluding hydrogens is 202 g/mol. The number of nitrogens with zero attached hydrogens (tertiary/aromatic N) is 2. The minimum absolute atomic E-state index is 0.308. The van der Waals surface area contributed by atoms with Crippen LogP contribution in [0.1, 0.15) is 17.0 Å². The quantitative estimate of drug-likeness (QED) is 0.811. The van der Waals surface area contributed by atoms with E-state index >= 15 is 0 Å². The van der Waals surface area contributed by atoms with Crippen molar-refractivity contribution < 1.29 is 5.11 Å². The van der Waals surface area contributed by atoms with Gasteiger partial charge in [-0.05, 0) is 17.7 Å². The Morgan fingerprint density at radius 1 is 1.38 bits per heavy atom. The molecule has 0 radical (unpaired) electrons. The van der Waals surface area contributed by atoms with Crippen LogP contribution in [0.25, 0.3) is 0 Å². The summed E-state index contributed by atoms with van der Waals surface area (Å²) < 4.78 is 1.77. The van der Waals surface area contributed by atoms with E-state index in [4.69, 9.17) is 5.73 Å². The SMILES string of the molecule is Cn1nc(Cc2ccccc2O)cc1CN. The molecule has 0 fully saturated rings. The zero-order valence-corrected chi connectivity index (χ0v) is 9.22. The lowest BCUT2D eigenvalue weighted by Crippen LogP contribution is -2.03. The summed E-state index contributed by atoms with van der Waals surface area (Å²) in [6.07, 6.45) is 0.626. The summed E-state index contributed by atoms with van der Waals surface area (Å²) in [6.45, 7) is 0.476. The number of rotatable bonds is 3. The molecule has 2 aromatic rings. The van der Waals surface area contributed by atoms with Gasteiger partial charge < -0.3 is 10.8 Å². The smallest absolute Gasteiger partial charge is 0.119 e. The van der Waals surface area contributed by atoms with Crippen LogP contribution in [0.15, 0.2) is 30.3 Å². The number of hydrogen-bond donors (Lipinski definition) is 2. The van der Waals surface area contributed by atoms with E-state index in [1.165, 1.54) is 0 Å². The molecule has 1 aromatic carbocycles. The molecule has 4 heteroatoms. The zero-order chi connectivity index (χ0) is 11.5. The minimum Gasteiger partial charge on any atom is -0.508 e. The second-order valence-corrected chi connectivity index (χ2v) is 3.76. The first-order chi connectivity index (χ1) is 7.70. The predicted octanol–water partition coefficient (Wildman–Crippen LogP) is 1.18. The number of benzene rings is 1. The maximum Gasteiger partial charge on any atom is 0.119 e. The van der Waals surface area contributed by atoms with Crippen LogP contribution in [0.3, 0.4) is 0 Å². The van der Waals surface area contributed by atoms with E-state index in [1.54, 1.807) is 10.7 Å². The first kappa shape index (κ1) is 10.7. The molecule has 4 nitrogen and oxygen atoms in total. The van der Waals surface area contributed by atoms with Gasteiger partial charge >= 0.3 is 0 Å². The molecule has 0 bridgehead atoms. The summed E-state index contributed by atoms with van der Waals surface area (Å²) in [5.74, 6) is 0.308. The lowest BCUT2D eigenvalue weighted by molar-refractivity contribution is 0.469. The topological polar surface area (TPSA) is 64.1 Å². The number of para-hydroxylation sites is 1. The third kappa shape index (κ3) is 2.06. The van der Waals surface area contributed by atoms with Crippen LogP contribution in [-0.2, 0) is 20.0 Å². The fraction of sp³-hybridized carbons (Fsp3) is 0.250. The number of phenolic OH excluding ortho intramolecular Hbond substituents is 1. The Balaban J connectivity index is 2.24. The van der Waals surface area contributed by atoms with E-state index in [0.29, 0.717) is 18.7 Å². The molecule has 1 aromatic heterocycles. The normalized spacial score (nSPS) is 10.6. The van der Waals surface area contributed by atoms with E-state index in [9.17, 15) is 5.11 Å². The standard InChI is InChI=1S/C12H15N3O/c1-15-11(8-13)7-10(14-15)6-9-4-2-3-5-12(9)16/h2-5,7,16H,6,8,13H2,1H3. The fourth-order valence-corrected chi connectivity index (χ4v) is 1.70. The minimum atomic E-state index is 0.308. The molecule has 0 unspecified atom stereocenters. The first-order valence-corrected chi connectivity index (χ1v) is 5.19. The Hall–Kier alpha value is -1.81. The van der Waals surface area contributed by atoms with E-state index in [1.807, 2.05) is 31.3 Å². The van der Waals surface area contributed by atoms with Crippen LogP contribution in [-0.4, -0.2) is 14.9 Å².